The number of benzene rings is 1. The number of ether oxygens (including phenoxy) is 3. The highest BCUT2D eigenvalue weighted by molar-refractivity contribution is 5.90. The van der Waals surface area contributed by atoms with Crippen LogP contribution in [0.4, 0.5) is 5.69 Å². The number of carbonyl (C=O) groups is 2. The van der Waals surface area contributed by atoms with Gasteiger partial charge in [0, 0.05) is 12.1 Å². The number of amides is 1. The molecule has 1 N–H and O–H groups in total. The fourth-order valence-corrected chi connectivity index (χ4v) is 3.62. The lowest BCUT2D eigenvalue weighted by Crippen LogP contribution is -2.45. The van der Waals surface area contributed by atoms with E-state index in [0.29, 0.717) is 17.6 Å². The van der Waals surface area contributed by atoms with Gasteiger partial charge in [-0.1, -0.05) is 26.7 Å². The molecular weight excluding hydrogens is 380 g/mol. The lowest BCUT2D eigenvalue weighted by molar-refractivity contribution is -0.385. The molecule has 1 aliphatic carbocycles. The number of nitrogens with zero attached hydrogens (tertiary/aromatic N) is 1. The molecule has 1 aliphatic heterocycles. The lowest BCUT2D eigenvalue weighted by Gasteiger charge is -2.34. The number of nitro benzene ring substituents is 1. The number of nitro groups is 1. The molecule has 0 saturated heterocycles. The molecule has 1 amide bonds. The van der Waals surface area contributed by atoms with Gasteiger partial charge < -0.3 is 19.5 Å². The van der Waals surface area contributed by atoms with Gasteiger partial charge >= 0.3 is 5.97 Å². The molecule has 0 radical (unpaired) electrons. The number of carbonyl (C=O) groups excluding carboxylic acids is 2. The van der Waals surface area contributed by atoms with E-state index in [2.05, 4.69) is 19.2 Å². The van der Waals surface area contributed by atoms with Gasteiger partial charge in [-0.05, 0) is 30.4 Å². The highest BCUT2D eigenvalue weighted by Crippen LogP contribution is 2.38. The van der Waals surface area contributed by atoms with Gasteiger partial charge in [0.15, 0.2) is 18.1 Å². The number of fused-ring (bicyclic) bond motifs is 1. The SMILES string of the molecule is C[C@H]1[C@@H](NC(=O)COC(=O)/C=C/c2cc3c(cc2[N+](=O)[O-])OCO3)CCC[C@@H]1C. The van der Waals surface area contributed by atoms with Gasteiger partial charge in [-0.3, -0.25) is 14.9 Å². The normalized spacial score (nSPS) is 23.0. The molecular formula is C20H24N2O7. The first-order chi connectivity index (χ1) is 13.8. The van der Waals surface area contributed by atoms with Gasteiger partial charge in [0.2, 0.25) is 6.79 Å². The average Bonchev–Trinajstić information content (AvgIpc) is 3.15. The maximum atomic E-state index is 12.1. The van der Waals surface area contributed by atoms with Gasteiger partial charge in [-0.2, -0.15) is 0 Å². The maximum absolute atomic E-state index is 12.1. The Morgan fingerprint density at radius 2 is 2.00 bits per heavy atom. The second-order valence-electron chi connectivity index (χ2n) is 7.40. The highest BCUT2D eigenvalue weighted by atomic mass is 16.7. The number of esters is 1. The smallest absolute Gasteiger partial charge is 0.331 e. The van der Waals surface area contributed by atoms with Crippen LogP contribution in [0.15, 0.2) is 18.2 Å². The molecule has 0 unspecified atom stereocenters. The minimum absolute atomic E-state index is 0.0187. The summed E-state index contributed by atoms with van der Waals surface area (Å²) in [4.78, 5) is 34.7. The van der Waals surface area contributed by atoms with Gasteiger partial charge in [0.05, 0.1) is 16.6 Å². The zero-order valence-electron chi connectivity index (χ0n) is 16.4. The summed E-state index contributed by atoms with van der Waals surface area (Å²) in [5, 5.41) is 14.1. The first kappa shape index (κ1) is 20.6. The zero-order chi connectivity index (χ0) is 21.0. The monoisotopic (exact) mass is 404 g/mol. The van der Waals surface area contributed by atoms with Crippen molar-refractivity contribution in [3.8, 4) is 11.5 Å². The fourth-order valence-electron chi connectivity index (χ4n) is 3.62. The molecule has 1 aromatic rings. The summed E-state index contributed by atoms with van der Waals surface area (Å²) < 4.78 is 15.3. The predicted molar refractivity (Wildman–Crippen MR) is 103 cm³/mol. The third kappa shape index (κ3) is 5.04. The van der Waals surface area contributed by atoms with Crippen molar-refractivity contribution in [2.24, 2.45) is 11.8 Å². The maximum Gasteiger partial charge on any atom is 0.331 e. The Labute approximate surface area is 168 Å². The molecule has 2 aliphatic rings. The third-order valence-electron chi connectivity index (χ3n) is 5.52. The molecule has 29 heavy (non-hydrogen) atoms. The van der Waals surface area contributed by atoms with Crippen molar-refractivity contribution in [3.05, 3.63) is 33.9 Å². The van der Waals surface area contributed by atoms with E-state index in [9.17, 15) is 19.7 Å². The molecule has 0 spiro atoms. The van der Waals surface area contributed by atoms with Crippen LogP contribution in [0.2, 0.25) is 0 Å². The summed E-state index contributed by atoms with van der Waals surface area (Å²) >= 11 is 0. The van der Waals surface area contributed by atoms with Crippen molar-refractivity contribution in [2.75, 3.05) is 13.4 Å². The second kappa shape index (κ2) is 8.93. The number of rotatable bonds is 6. The predicted octanol–water partition coefficient (Wildman–Crippen LogP) is 2.82. The molecule has 9 heteroatoms. The Balaban J connectivity index is 1.55. The molecule has 9 nitrogen and oxygen atoms in total. The summed E-state index contributed by atoms with van der Waals surface area (Å²) in [6, 6.07) is 2.74. The Hall–Kier alpha value is -3.10. The topological polar surface area (TPSA) is 117 Å². The Kier molecular flexibility index (Phi) is 6.36. The van der Waals surface area contributed by atoms with E-state index in [1.165, 1.54) is 18.2 Å². The van der Waals surface area contributed by atoms with E-state index in [4.69, 9.17) is 14.2 Å². The van der Waals surface area contributed by atoms with Crippen LogP contribution in [-0.2, 0) is 14.3 Å². The molecule has 1 aromatic carbocycles. The first-order valence-corrected chi connectivity index (χ1v) is 9.57. The summed E-state index contributed by atoms with van der Waals surface area (Å²) in [6.07, 6.45) is 5.43. The minimum atomic E-state index is -0.767. The van der Waals surface area contributed by atoms with Crippen molar-refractivity contribution in [3.63, 3.8) is 0 Å². The van der Waals surface area contributed by atoms with Crippen LogP contribution in [0.1, 0.15) is 38.7 Å². The van der Waals surface area contributed by atoms with E-state index < -0.39 is 17.5 Å². The highest BCUT2D eigenvalue weighted by Gasteiger charge is 2.28. The molecule has 156 valence electrons. The van der Waals surface area contributed by atoms with Crippen LogP contribution < -0.4 is 14.8 Å². The van der Waals surface area contributed by atoms with Crippen LogP contribution in [0.25, 0.3) is 6.08 Å². The summed E-state index contributed by atoms with van der Waals surface area (Å²) in [7, 11) is 0. The first-order valence-electron chi connectivity index (χ1n) is 9.57. The van der Waals surface area contributed by atoms with Crippen LogP contribution in [0, 0.1) is 22.0 Å². The third-order valence-corrected chi connectivity index (χ3v) is 5.52. The van der Waals surface area contributed by atoms with E-state index in [-0.39, 0.29) is 35.7 Å². The van der Waals surface area contributed by atoms with E-state index >= 15 is 0 Å². The number of hydrogen-bond acceptors (Lipinski definition) is 7. The molecule has 3 atom stereocenters. The Morgan fingerprint density at radius 3 is 2.72 bits per heavy atom. The van der Waals surface area contributed by atoms with Crippen LogP contribution >= 0.6 is 0 Å². The molecule has 1 saturated carbocycles. The quantitative estimate of drug-likeness (QED) is 0.335. The van der Waals surface area contributed by atoms with Crippen molar-refractivity contribution in [2.45, 2.75) is 39.2 Å². The van der Waals surface area contributed by atoms with E-state index in [1.54, 1.807) is 0 Å². The summed E-state index contributed by atoms with van der Waals surface area (Å²) in [5.41, 5.74) is -0.0536. The van der Waals surface area contributed by atoms with Gasteiger partial charge in [0.1, 0.15) is 0 Å². The number of nitrogens with one attached hydrogen (secondary N) is 1. The summed E-state index contributed by atoms with van der Waals surface area (Å²) in [6.45, 7) is 3.87. The minimum Gasteiger partial charge on any atom is -0.454 e. The van der Waals surface area contributed by atoms with Gasteiger partial charge in [0.25, 0.3) is 11.6 Å². The van der Waals surface area contributed by atoms with Crippen molar-refractivity contribution < 1.29 is 28.7 Å². The number of hydrogen-bond donors (Lipinski definition) is 1. The molecule has 3 rings (SSSR count). The molecule has 1 heterocycles. The van der Waals surface area contributed by atoms with E-state index in [0.717, 1.165) is 25.3 Å². The van der Waals surface area contributed by atoms with Crippen molar-refractivity contribution in [1.82, 2.24) is 5.32 Å². The van der Waals surface area contributed by atoms with Crippen LogP contribution in [0.5, 0.6) is 11.5 Å². The van der Waals surface area contributed by atoms with Gasteiger partial charge in [-0.25, -0.2) is 4.79 Å². The van der Waals surface area contributed by atoms with Crippen LogP contribution in [0.3, 0.4) is 0 Å². The summed E-state index contributed by atoms with van der Waals surface area (Å²) in [5.74, 6) is 0.425. The Bertz CT molecular complexity index is 836. The van der Waals surface area contributed by atoms with Gasteiger partial charge in [-0.15, -0.1) is 0 Å². The lowest BCUT2D eigenvalue weighted by atomic mass is 9.78. The van der Waals surface area contributed by atoms with E-state index in [1.807, 2.05) is 0 Å². The zero-order valence-corrected chi connectivity index (χ0v) is 16.4. The van der Waals surface area contributed by atoms with Crippen molar-refractivity contribution >= 4 is 23.6 Å². The Morgan fingerprint density at radius 1 is 1.28 bits per heavy atom. The largest absolute Gasteiger partial charge is 0.454 e. The molecule has 0 aromatic heterocycles. The fraction of sp³-hybridized carbons (Fsp3) is 0.500. The average molecular weight is 404 g/mol. The molecule has 0 bridgehead atoms. The second-order valence-corrected chi connectivity index (χ2v) is 7.40. The standard InChI is InChI=1S/C20H24N2O7/c1-12-4-3-5-15(13(12)2)21-19(23)10-27-20(24)7-6-14-8-17-18(29-11-28-17)9-16(14)22(25)26/h6-9,12-13,15H,3-5,10-11H2,1-2H3,(H,21,23)/b7-6+/t12-,13+,15-/m0/s1. The molecule has 1 fully saturated rings. The van der Waals surface area contributed by atoms with Crippen LogP contribution in [-0.4, -0.2) is 36.2 Å². The van der Waals surface area contributed by atoms with Crippen molar-refractivity contribution in [1.29, 1.82) is 0 Å².